The van der Waals surface area contributed by atoms with Crippen molar-refractivity contribution in [3.63, 3.8) is 0 Å². The molecule has 0 bridgehead atoms. The second-order valence-corrected chi connectivity index (χ2v) is 5.56. The van der Waals surface area contributed by atoms with Crippen molar-refractivity contribution in [3.05, 3.63) is 53.0 Å². The number of hydrogen-bond acceptors (Lipinski definition) is 7. The lowest BCUT2D eigenvalue weighted by atomic mass is 10.1. The maximum atomic E-state index is 5.92. The van der Waals surface area contributed by atoms with E-state index in [0.29, 0.717) is 28.9 Å². The van der Waals surface area contributed by atoms with Gasteiger partial charge in [-0.2, -0.15) is 0 Å². The number of nitrogens with one attached hydrogen (secondary N) is 1. The van der Waals surface area contributed by atoms with Crippen molar-refractivity contribution in [1.29, 1.82) is 0 Å². The van der Waals surface area contributed by atoms with E-state index in [2.05, 4.69) is 30.9 Å². The van der Waals surface area contributed by atoms with Gasteiger partial charge in [0.15, 0.2) is 11.4 Å². The summed E-state index contributed by atoms with van der Waals surface area (Å²) in [5, 5.41) is 19.2. The zero-order valence-corrected chi connectivity index (χ0v) is 13.4. The van der Waals surface area contributed by atoms with Gasteiger partial charge in [-0.1, -0.05) is 11.6 Å². The molecule has 120 valence electrons. The predicted octanol–water partition coefficient (Wildman–Crippen LogP) is 2.75. The molecular weight excluding hydrogens is 330 g/mol. The summed E-state index contributed by atoms with van der Waals surface area (Å²) in [6.07, 6.45) is 0. The van der Waals surface area contributed by atoms with Crippen LogP contribution in [0.2, 0.25) is 5.02 Å². The van der Waals surface area contributed by atoms with Crippen molar-refractivity contribution in [2.75, 3.05) is 5.32 Å². The Balaban J connectivity index is 1.52. The molecule has 9 heteroatoms. The number of hydrogen-bond donors (Lipinski definition) is 1. The molecule has 1 aromatic carbocycles. The minimum absolute atomic E-state index is 0.398. The fourth-order valence-electron chi connectivity index (χ4n) is 2.31. The summed E-state index contributed by atoms with van der Waals surface area (Å²) in [6, 6.07) is 11.0. The van der Waals surface area contributed by atoms with Crippen molar-refractivity contribution in [3.8, 4) is 11.3 Å². The topological polar surface area (TPSA) is 94.0 Å². The summed E-state index contributed by atoms with van der Waals surface area (Å²) in [7, 11) is 0. The van der Waals surface area contributed by atoms with Crippen LogP contribution < -0.4 is 5.32 Å². The Morgan fingerprint density at radius 1 is 1.17 bits per heavy atom. The summed E-state index contributed by atoms with van der Waals surface area (Å²) in [5.74, 6) is 1.92. The van der Waals surface area contributed by atoms with Gasteiger partial charge in [-0.05, 0) is 53.7 Å². The number of oxazole rings is 1. The van der Waals surface area contributed by atoms with Gasteiger partial charge < -0.3 is 9.73 Å². The van der Waals surface area contributed by atoms with Crippen LogP contribution in [0.5, 0.6) is 0 Å². The lowest BCUT2D eigenvalue weighted by Gasteiger charge is -2.02. The Labute approximate surface area is 141 Å². The van der Waals surface area contributed by atoms with Gasteiger partial charge in [0.05, 0.1) is 12.2 Å². The van der Waals surface area contributed by atoms with Gasteiger partial charge in [0.25, 0.3) is 0 Å². The molecular formula is C15H12ClN7O. The molecule has 8 nitrogen and oxygen atoms in total. The fraction of sp³-hybridized carbons (Fsp3) is 0.133. The maximum Gasteiger partial charge on any atom is 0.214 e. The molecule has 0 aliphatic rings. The molecule has 0 aliphatic heterocycles. The molecule has 4 aromatic rings. The third-order valence-electron chi connectivity index (χ3n) is 3.44. The first-order chi connectivity index (χ1) is 11.7. The van der Waals surface area contributed by atoms with Crippen LogP contribution in [-0.4, -0.2) is 30.2 Å². The van der Waals surface area contributed by atoms with Gasteiger partial charge in [-0.15, -0.1) is 14.8 Å². The highest BCUT2D eigenvalue weighted by molar-refractivity contribution is 6.30. The van der Waals surface area contributed by atoms with Crippen molar-refractivity contribution in [1.82, 2.24) is 30.2 Å². The molecule has 0 saturated heterocycles. The summed E-state index contributed by atoms with van der Waals surface area (Å²) >= 11 is 5.92. The van der Waals surface area contributed by atoms with E-state index in [1.165, 1.54) is 4.63 Å². The number of nitrogens with zero attached hydrogens (tertiary/aromatic N) is 6. The Hall–Kier alpha value is -3.00. The predicted molar refractivity (Wildman–Crippen MR) is 87.6 cm³/mol. The second-order valence-electron chi connectivity index (χ2n) is 5.13. The zero-order valence-electron chi connectivity index (χ0n) is 12.6. The van der Waals surface area contributed by atoms with Gasteiger partial charge in [0.2, 0.25) is 5.89 Å². The van der Waals surface area contributed by atoms with Crippen LogP contribution in [0, 0.1) is 6.92 Å². The van der Waals surface area contributed by atoms with E-state index in [9.17, 15) is 0 Å². The summed E-state index contributed by atoms with van der Waals surface area (Å²) in [5.41, 5.74) is 2.33. The molecule has 0 saturated carbocycles. The number of halogens is 1. The Kier molecular flexibility index (Phi) is 3.58. The molecule has 0 spiro atoms. The minimum atomic E-state index is 0.398. The Bertz CT molecular complexity index is 993. The van der Waals surface area contributed by atoms with Crippen molar-refractivity contribution in [2.45, 2.75) is 13.5 Å². The SMILES string of the molecule is Cc1nc(CNc2ccc3nnnn3n2)oc1-c1ccc(Cl)cc1. The van der Waals surface area contributed by atoms with Crippen LogP contribution in [0.15, 0.2) is 40.8 Å². The van der Waals surface area contributed by atoms with E-state index in [1.54, 1.807) is 12.1 Å². The van der Waals surface area contributed by atoms with Gasteiger partial charge in [-0.25, -0.2) is 4.98 Å². The largest absolute Gasteiger partial charge is 0.438 e. The number of fused-ring (bicyclic) bond motifs is 1. The highest BCUT2D eigenvalue weighted by Crippen LogP contribution is 2.26. The average molecular weight is 342 g/mol. The van der Waals surface area contributed by atoms with Crippen LogP contribution in [0.25, 0.3) is 17.0 Å². The molecule has 0 unspecified atom stereocenters. The van der Waals surface area contributed by atoms with Gasteiger partial charge in [-0.3, -0.25) is 0 Å². The minimum Gasteiger partial charge on any atom is -0.438 e. The van der Waals surface area contributed by atoms with Crippen LogP contribution in [-0.2, 0) is 6.54 Å². The monoisotopic (exact) mass is 341 g/mol. The van der Waals surface area contributed by atoms with Crippen LogP contribution >= 0.6 is 11.6 Å². The third-order valence-corrected chi connectivity index (χ3v) is 3.69. The first kappa shape index (κ1) is 14.6. The molecule has 1 N–H and O–H groups in total. The molecule has 0 radical (unpaired) electrons. The molecule has 0 atom stereocenters. The van der Waals surface area contributed by atoms with E-state index < -0.39 is 0 Å². The van der Waals surface area contributed by atoms with E-state index in [4.69, 9.17) is 16.0 Å². The normalized spacial score (nSPS) is 11.1. The lowest BCUT2D eigenvalue weighted by Crippen LogP contribution is -2.05. The number of rotatable bonds is 4. The fourth-order valence-corrected chi connectivity index (χ4v) is 2.43. The zero-order chi connectivity index (χ0) is 16.5. The first-order valence-electron chi connectivity index (χ1n) is 7.20. The van der Waals surface area contributed by atoms with E-state index in [1.807, 2.05) is 31.2 Å². The molecule has 3 aromatic heterocycles. The number of aromatic nitrogens is 6. The summed E-state index contributed by atoms with van der Waals surface area (Å²) in [6.45, 7) is 2.30. The molecule has 0 amide bonds. The quantitative estimate of drug-likeness (QED) is 0.609. The smallest absolute Gasteiger partial charge is 0.214 e. The second kappa shape index (κ2) is 5.89. The number of benzene rings is 1. The van der Waals surface area contributed by atoms with Crippen LogP contribution in [0.3, 0.4) is 0 Å². The summed E-state index contributed by atoms with van der Waals surface area (Å²) < 4.78 is 7.19. The van der Waals surface area contributed by atoms with Crippen molar-refractivity contribution >= 4 is 23.1 Å². The highest BCUT2D eigenvalue weighted by Gasteiger charge is 2.12. The number of tetrazole rings is 1. The van der Waals surface area contributed by atoms with Gasteiger partial charge in [0, 0.05) is 10.6 Å². The van der Waals surface area contributed by atoms with E-state index in [0.717, 1.165) is 17.0 Å². The van der Waals surface area contributed by atoms with E-state index in [-0.39, 0.29) is 0 Å². The number of aryl methyl sites for hydroxylation is 1. The maximum absolute atomic E-state index is 5.92. The van der Waals surface area contributed by atoms with Crippen LogP contribution in [0.1, 0.15) is 11.6 Å². The van der Waals surface area contributed by atoms with Crippen molar-refractivity contribution < 1.29 is 4.42 Å². The van der Waals surface area contributed by atoms with Gasteiger partial charge >= 0.3 is 0 Å². The van der Waals surface area contributed by atoms with Gasteiger partial charge in [0.1, 0.15) is 5.82 Å². The first-order valence-corrected chi connectivity index (χ1v) is 7.58. The summed E-state index contributed by atoms with van der Waals surface area (Å²) in [4.78, 5) is 4.44. The van der Waals surface area contributed by atoms with Crippen LogP contribution in [0.4, 0.5) is 5.82 Å². The average Bonchev–Trinajstić information content (AvgIpc) is 3.19. The molecule has 3 heterocycles. The van der Waals surface area contributed by atoms with E-state index >= 15 is 0 Å². The third kappa shape index (κ3) is 2.79. The Morgan fingerprint density at radius 3 is 2.83 bits per heavy atom. The molecule has 4 rings (SSSR count). The molecule has 0 fully saturated rings. The lowest BCUT2D eigenvalue weighted by molar-refractivity contribution is 0.515. The highest BCUT2D eigenvalue weighted by atomic mass is 35.5. The molecule has 0 aliphatic carbocycles. The number of anilines is 1. The standard InChI is InChI=1S/C15H12ClN7O/c1-9-15(10-2-4-11(16)5-3-10)24-14(18-9)8-17-12-6-7-13-19-21-22-23(13)20-12/h2-7H,8H2,1H3,(H,17,20). The Morgan fingerprint density at radius 2 is 2.00 bits per heavy atom. The van der Waals surface area contributed by atoms with Crippen molar-refractivity contribution in [2.24, 2.45) is 0 Å². The molecule has 24 heavy (non-hydrogen) atoms.